The molecule has 0 unspecified atom stereocenters. The van der Waals surface area contributed by atoms with Gasteiger partial charge in [-0.15, -0.1) is 0 Å². The topological polar surface area (TPSA) is 75.3 Å². The molecule has 26 heavy (non-hydrogen) atoms. The van der Waals surface area contributed by atoms with Crippen molar-refractivity contribution in [2.24, 2.45) is 0 Å². The summed E-state index contributed by atoms with van der Waals surface area (Å²) < 4.78 is 26.9. The highest BCUT2D eigenvalue weighted by molar-refractivity contribution is 7.89. The maximum Gasteiger partial charge on any atom is 0.238 e. The van der Waals surface area contributed by atoms with Gasteiger partial charge in [0.2, 0.25) is 15.9 Å². The largest absolute Gasteiger partial charge is 0.355 e. The van der Waals surface area contributed by atoms with Gasteiger partial charge >= 0.3 is 0 Å². The van der Waals surface area contributed by atoms with E-state index in [9.17, 15) is 13.2 Å². The van der Waals surface area contributed by atoms with E-state index < -0.39 is 16.1 Å². The van der Waals surface area contributed by atoms with Crippen molar-refractivity contribution in [3.8, 4) is 0 Å². The number of hydrogen-bond donors (Lipinski definition) is 2. The minimum Gasteiger partial charge on any atom is -0.355 e. The van der Waals surface area contributed by atoms with Gasteiger partial charge in [-0.3, -0.25) is 4.79 Å². The van der Waals surface area contributed by atoms with Gasteiger partial charge in [-0.2, -0.15) is 0 Å². The molecule has 1 heterocycles. The lowest BCUT2D eigenvalue weighted by Gasteiger charge is -2.15. The van der Waals surface area contributed by atoms with Gasteiger partial charge < -0.3 is 5.32 Å². The average molecular weight is 389 g/mol. The highest BCUT2D eigenvalue weighted by atomic mass is 32.2. The number of rotatable bonds is 15. The lowest BCUT2D eigenvalue weighted by atomic mass is 10.1. The molecule has 154 valence electrons. The fraction of sp³-hybridized carbons (Fsp3) is 0.950. The molecule has 0 aromatic heterocycles. The number of amides is 1. The summed E-state index contributed by atoms with van der Waals surface area (Å²) in [5, 5.41) is 2.77. The van der Waals surface area contributed by atoms with Crippen molar-refractivity contribution < 1.29 is 13.2 Å². The second-order valence-electron chi connectivity index (χ2n) is 7.67. The second-order valence-corrected chi connectivity index (χ2v) is 9.54. The first-order chi connectivity index (χ1) is 12.5. The van der Waals surface area contributed by atoms with Crippen LogP contribution in [0.3, 0.4) is 0 Å². The lowest BCUT2D eigenvalue weighted by molar-refractivity contribution is -0.122. The Balaban J connectivity index is 2.00. The van der Waals surface area contributed by atoms with Crippen LogP contribution in [0.5, 0.6) is 0 Å². The molecule has 1 fully saturated rings. The van der Waals surface area contributed by atoms with Crippen LogP contribution in [0.2, 0.25) is 0 Å². The van der Waals surface area contributed by atoms with Gasteiger partial charge in [0.05, 0.1) is 5.75 Å². The molecule has 0 aromatic carbocycles. The molecule has 0 aliphatic carbocycles. The quantitative estimate of drug-likeness (QED) is 0.411. The average Bonchev–Trinajstić information content (AvgIpc) is 2.80. The van der Waals surface area contributed by atoms with Crippen molar-refractivity contribution >= 4 is 15.9 Å². The smallest absolute Gasteiger partial charge is 0.238 e. The Kier molecular flexibility index (Phi) is 13.0. The number of carbonyl (C=O) groups excluding carboxylic acids is 1. The molecule has 1 atom stereocenters. The van der Waals surface area contributed by atoms with Crippen LogP contribution < -0.4 is 10.0 Å². The van der Waals surface area contributed by atoms with E-state index in [2.05, 4.69) is 17.0 Å². The maximum absolute atomic E-state index is 12.1. The summed E-state index contributed by atoms with van der Waals surface area (Å²) in [4.78, 5) is 11.8. The van der Waals surface area contributed by atoms with Crippen LogP contribution in [0.1, 0.15) is 103 Å². The molecule has 1 aliphatic rings. The third kappa shape index (κ3) is 11.9. The van der Waals surface area contributed by atoms with E-state index in [-0.39, 0.29) is 11.7 Å². The summed E-state index contributed by atoms with van der Waals surface area (Å²) in [6.07, 6.45) is 17.0. The Labute approximate surface area is 161 Å². The van der Waals surface area contributed by atoms with Crippen LogP contribution in [0.25, 0.3) is 0 Å². The van der Waals surface area contributed by atoms with Gasteiger partial charge in [0.1, 0.15) is 6.04 Å². The summed E-state index contributed by atoms with van der Waals surface area (Å²) in [6.45, 7) is 2.89. The molecular formula is C20H40N2O3S. The summed E-state index contributed by atoms with van der Waals surface area (Å²) >= 11 is 0. The van der Waals surface area contributed by atoms with E-state index in [1.54, 1.807) is 0 Å². The highest BCUT2D eigenvalue weighted by Crippen LogP contribution is 2.12. The van der Waals surface area contributed by atoms with Crippen LogP contribution in [-0.2, 0) is 14.8 Å². The second kappa shape index (κ2) is 14.4. The van der Waals surface area contributed by atoms with Crippen LogP contribution in [0, 0.1) is 0 Å². The Morgan fingerprint density at radius 1 is 0.885 bits per heavy atom. The van der Waals surface area contributed by atoms with Crippen LogP contribution in [0.15, 0.2) is 0 Å². The third-order valence-corrected chi connectivity index (χ3v) is 6.59. The maximum atomic E-state index is 12.1. The fourth-order valence-electron chi connectivity index (χ4n) is 3.46. The minimum absolute atomic E-state index is 0.133. The van der Waals surface area contributed by atoms with Gasteiger partial charge in [-0.25, -0.2) is 13.1 Å². The monoisotopic (exact) mass is 388 g/mol. The number of sulfonamides is 1. The number of hydrogen-bond acceptors (Lipinski definition) is 3. The fourth-order valence-corrected chi connectivity index (χ4v) is 4.82. The summed E-state index contributed by atoms with van der Waals surface area (Å²) in [5.41, 5.74) is 0. The summed E-state index contributed by atoms with van der Waals surface area (Å²) in [6, 6.07) is -0.583. The SMILES string of the molecule is CCCCCCCCCCCCCCS(=O)(=O)N[C@H]1CCCCNC1=O. The Hall–Kier alpha value is -0.620. The van der Waals surface area contributed by atoms with Gasteiger partial charge in [0.25, 0.3) is 0 Å². The first-order valence-corrected chi connectivity index (χ1v) is 12.5. The van der Waals surface area contributed by atoms with E-state index in [0.717, 1.165) is 25.7 Å². The Morgan fingerprint density at radius 2 is 1.42 bits per heavy atom. The Morgan fingerprint density at radius 3 is 2.00 bits per heavy atom. The van der Waals surface area contributed by atoms with Gasteiger partial charge in [-0.05, 0) is 25.7 Å². The molecule has 0 radical (unpaired) electrons. The molecular weight excluding hydrogens is 348 g/mol. The zero-order valence-electron chi connectivity index (χ0n) is 16.7. The van der Waals surface area contributed by atoms with Crippen molar-refractivity contribution in [2.45, 2.75) is 109 Å². The molecule has 1 amide bonds. The third-order valence-electron chi connectivity index (χ3n) is 5.12. The molecule has 2 N–H and O–H groups in total. The first-order valence-electron chi connectivity index (χ1n) is 10.8. The molecule has 1 rings (SSSR count). The van der Waals surface area contributed by atoms with E-state index in [4.69, 9.17) is 0 Å². The van der Waals surface area contributed by atoms with Crippen molar-refractivity contribution in [1.82, 2.24) is 10.0 Å². The molecule has 0 spiro atoms. The van der Waals surface area contributed by atoms with E-state index in [1.165, 1.54) is 57.8 Å². The number of unbranched alkanes of at least 4 members (excludes halogenated alkanes) is 11. The molecule has 1 saturated heterocycles. The molecule has 0 aromatic rings. The molecule has 0 bridgehead atoms. The first kappa shape index (κ1) is 23.4. The Bertz CT molecular complexity index is 466. The lowest BCUT2D eigenvalue weighted by Crippen LogP contribution is -2.46. The molecule has 5 nitrogen and oxygen atoms in total. The van der Waals surface area contributed by atoms with E-state index >= 15 is 0 Å². The molecule has 1 aliphatic heterocycles. The van der Waals surface area contributed by atoms with Crippen molar-refractivity contribution in [3.63, 3.8) is 0 Å². The molecule has 6 heteroatoms. The van der Waals surface area contributed by atoms with E-state index in [0.29, 0.717) is 19.4 Å². The van der Waals surface area contributed by atoms with Gasteiger partial charge in [0, 0.05) is 6.54 Å². The number of nitrogens with one attached hydrogen (secondary N) is 2. The van der Waals surface area contributed by atoms with Crippen molar-refractivity contribution in [1.29, 1.82) is 0 Å². The summed E-state index contributed by atoms with van der Waals surface area (Å²) in [5.74, 6) is -0.0467. The predicted octanol–water partition coefficient (Wildman–Crippen LogP) is 4.28. The van der Waals surface area contributed by atoms with Crippen LogP contribution >= 0.6 is 0 Å². The number of carbonyl (C=O) groups is 1. The van der Waals surface area contributed by atoms with Gasteiger partial charge in [-0.1, -0.05) is 77.6 Å². The van der Waals surface area contributed by atoms with Gasteiger partial charge in [0.15, 0.2) is 0 Å². The standard InChI is InChI=1S/C20H40N2O3S/c1-2-3-4-5-6-7-8-9-10-11-12-15-18-26(24,25)22-19-16-13-14-17-21-20(19)23/h19,22H,2-18H2,1H3,(H,21,23)/t19-/m0/s1. The van der Waals surface area contributed by atoms with Crippen molar-refractivity contribution in [2.75, 3.05) is 12.3 Å². The van der Waals surface area contributed by atoms with Crippen molar-refractivity contribution in [3.05, 3.63) is 0 Å². The normalized spacial score (nSPS) is 18.5. The zero-order valence-corrected chi connectivity index (χ0v) is 17.5. The van der Waals surface area contributed by atoms with E-state index in [1.807, 2.05) is 0 Å². The van der Waals surface area contributed by atoms with Crippen LogP contribution in [-0.4, -0.2) is 32.7 Å². The minimum atomic E-state index is -3.35. The predicted molar refractivity (Wildman–Crippen MR) is 109 cm³/mol. The van der Waals surface area contributed by atoms with Crippen LogP contribution in [0.4, 0.5) is 0 Å². The summed E-state index contributed by atoms with van der Waals surface area (Å²) in [7, 11) is -3.35. The highest BCUT2D eigenvalue weighted by Gasteiger charge is 2.25. The zero-order chi connectivity index (χ0) is 19.1. The molecule has 0 saturated carbocycles.